The Hall–Kier alpha value is -7.00. The van der Waals surface area contributed by atoms with E-state index >= 15 is 0 Å². The number of benzene rings is 7. The van der Waals surface area contributed by atoms with Crippen molar-refractivity contribution in [2.24, 2.45) is 20.0 Å². The molecule has 1 aliphatic heterocycles. The molecule has 4 heterocycles. The van der Waals surface area contributed by atoms with E-state index in [-0.39, 0.29) is 6.04 Å². The van der Waals surface area contributed by atoms with E-state index in [1.807, 2.05) is 83.3 Å². The fourth-order valence-corrected chi connectivity index (χ4v) is 10.4. The second-order valence-corrected chi connectivity index (χ2v) is 16.4. The maximum Gasteiger partial charge on any atom is 0.161 e. The monoisotopic (exact) mass is 783 g/mol. The Morgan fingerprint density at radius 1 is 0.638 bits per heavy atom. The van der Waals surface area contributed by atoms with E-state index in [9.17, 15) is 0 Å². The maximum absolute atomic E-state index is 6.65. The second kappa shape index (κ2) is 14.2. The summed E-state index contributed by atoms with van der Waals surface area (Å²) >= 11 is 3.65. The van der Waals surface area contributed by atoms with Gasteiger partial charge in [0, 0.05) is 57.7 Å². The summed E-state index contributed by atoms with van der Waals surface area (Å²) in [6.07, 6.45) is 0. The molecule has 0 amide bonds. The number of furan rings is 1. The van der Waals surface area contributed by atoms with Gasteiger partial charge < -0.3 is 9.73 Å². The zero-order valence-electron chi connectivity index (χ0n) is 31.1. The van der Waals surface area contributed by atoms with Gasteiger partial charge in [0.15, 0.2) is 11.7 Å². The molecule has 0 radical (unpaired) electrons. The lowest BCUT2D eigenvalue weighted by atomic mass is 9.99. The van der Waals surface area contributed by atoms with Gasteiger partial charge >= 0.3 is 0 Å². The summed E-state index contributed by atoms with van der Waals surface area (Å²) in [7, 11) is 0. The molecule has 1 N–H and O–H groups in total. The summed E-state index contributed by atoms with van der Waals surface area (Å²) in [5, 5.41) is 9.45. The number of thiophene rings is 2. The van der Waals surface area contributed by atoms with E-state index in [2.05, 4.69) is 120 Å². The Bertz CT molecular complexity index is 3320. The van der Waals surface area contributed by atoms with Crippen LogP contribution in [0.4, 0.5) is 5.69 Å². The quantitative estimate of drug-likeness (QED) is 0.135. The smallest absolute Gasteiger partial charge is 0.161 e. The molecule has 6 nitrogen and oxygen atoms in total. The molecule has 0 bridgehead atoms. The lowest BCUT2D eigenvalue weighted by Crippen LogP contribution is -2.21. The highest BCUT2D eigenvalue weighted by Gasteiger charge is 2.29. The van der Waals surface area contributed by atoms with Crippen molar-refractivity contribution in [2.75, 3.05) is 5.32 Å². The van der Waals surface area contributed by atoms with Crippen LogP contribution in [0.25, 0.3) is 52.2 Å². The van der Waals surface area contributed by atoms with Crippen molar-refractivity contribution in [1.29, 1.82) is 0 Å². The molecule has 0 fully saturated rings. The average molecular weight is 784 g/mol. The number of rotatable bonds is 6. The number of fused-ring (bicyclic) bond motifs is 9. The van der Waals surface area contributed by atoms with Gasteiger partial charge in [-0.3, -0.25) is 9.98 Å². The molecular formula is C50H33N5OS2. The molecule has 0 saturated carbocycles. The topological polar surface area (TPSA) is 74.6 Å². The molecule has 1 atom stereocenters. The number of nitrogens with one attached hydrogen (secondary N) is 1. The standard InChI is InChI=1S/C50H33N5OS2/c1-51-48(31-15-6-3-7-16-31)55-50(52-29-30-13-4-2-5-14-30)38-19-12-20-39-44(38)36-26-24-33(27-40(36)56-39)49-53-45(47-46(54-49)37-18-9-11-22-42(37)58-47)32-23-25-35-34-17-8-10-21-41(34)57-43(35)28-32/h2-28,45H,1,29H2,(H,53,54). The number of hydrogen-bond acceptors (Lipinski definition) is 6. The molecule has 0 saturated heterocycles. The maximum atomic E-state index is 6.65. The lowest BCUT2D eigenvalue weighted by Gasteiger charge is -2.23. The minimum Gasteiger partial charge on any atom is -0.456 e. The van der Waals surface area contributed by atoms with Crippen molar-refractivity contribution in [3.63, 3.8) is 0 Å². The number of anilines is 1. The molecule has 10 aromatic rings. The van der Waals surface area contributed by atoms with Crippen LogP contribution in [0.2, 0.25) is 0 Å². The van der Waals surface area contributed by atoms with E-state index in [4.69, 9.17) is 19.4 Å². The van der Waals surface area contributed by atoms with Crippen LogP contribution in [0.1, 0.15) is 38.7 Å². The average Bonchev–Trinajstić information content (AvgIpc) is 3.97. The van der Waals surface area contributed by atoms with Gasteiger partial charge in [-0.15, -0.1) is 22.7 Å². The van der Waals surface area contributed by atoms with E-state index in [0.717, 1.165) is 55.7 Å². The third kappa shape index (κ3) is 5.93. The molecule has 0 aliphatic carbocycles. The highest BCUT2D eigenvalue weighted by Crippen LogP contribution is 2.47. The van der Waals surface area contributed by atoms with Crippen molar-refractivity contribution in [3.8, 4) is 0 Å². The Labute approximate surface area is 341 Å². The van der Waals surface area contributed by atoms with Crippen LogP contribution >= 0.6 is 22.7 Å². The number of amidine groups is 3. The molecule has 1 unspecified atom stereocenters. The minimum atomic E-state index is -0.172. The lowest BCUT2D eigenvalue weighted by molar-refractivity contribution is 0.669. The Morgan fingerprint density at radius 2 is 1.36 bits per heavy atom. The first kappa shape index (κ1) is 34.3. The fourth-order valence-electron chi connectivity index (χ4n) is 7.98. The highest BCUT2D eigenvalue weighted by molar-refractivity contribution is 7.25. The Morgan fingerprint density at radius 3 is 2.19 bits per heavy atom. The van der Waals surface area contributed by atoms with Crippen molar-refractivity contribution < 1.29 is 4.42 Å². The van der Waals surface area contributed by atoms with Crippen molar-refractivity contribution >= 4 is 105 Å². The van der Waals surface area contributed by atoms with E-state index in [1.54, 1.807) is 0 Å². The van der Waals surface area contributed by atoms with Crippen LogP contribution in [0.3, 0.4) is 0 Å². The first-order valence-corrected chi connectivity index (χ1v) is 20.7. The van der Waals surface area contributed by atoms with Crippen LogP contribution in [-0.4, -0.2) is 24.2 Å². The van der Waals surface area contributed by atoms with Gasteiger partial charge in [0.05, 0.1) is 17.1 Å². The van der Waals surface area contributed by atoms with Crippen LogP contribution in [0, 0.1) is 0 Å². The summed E-state index contributed by atoms with van der Waals surface area (Å²) in [5.41, 5.74) is 7.54. The van der Waals surface area contributed by atoms with Crippen molar-refractivity contribution in [3.05, 3.63) is 196 Å². The van der Waals surface area contributed by atoms with Crippen molar-refractivity contribution in [2.45, 2.75) is 12.6 Å². The Kier molecular flexibility index (Phi) is 8.38. The molecule has 8 heteroatoms. The van der Waals surface area contributed by atoms with Gasteiger partial charge in [-0.05, 0) is 54.2 Å². The summed E-state index contributed by atoms with van der Waals surface area (Å²) in [6.45, 7) is 4.32. The summed E-state index contributed by atoms with van der Waals surface area (Å²) in [4.78, 5) is 21.2. The first-order chi connectivity index (χ1) is 28.7. The minimum absolute atomic E-state index is 0.172. The van der Waals surface area contributed by atoms with Crippen LogP contribution in [-0.2, 0) is 6.54 Å². The summed E-state index contributed by atoms with van der Waals surface area (Å²) in [5.74, 6) is 1.86. The zero-order chi connectivity index (χ0) is 38.6. The molecule has 7 aromatic carbocycles. The third-order valence-corrected chi connectivity index (χ3v) is 13.1. The van der Waals surface area contributed by atoms with Gasteiger partial charge in [0.1, 0.15) is 23.0 Å². The van der Waals surface area contributed by atoms with Gasteiger partial charge in [-0.25, -0.2) is 9.98 Å². The summed E-state index contributed by atoms with van der Waals surface area (Å²) in [6, 6.07) is 56.4. The molecule has 3 aromatic heterocycles. The third-order valence-electron chi connectivity index (χ3n) is 10.8. The van der Waals surface area contributed by atoms with E-state index in [1.165, 1.54) is 40.7 Å². The number of hydrogen-bond donors (Lipinski definition) is 1. The number of aliphatic imine (C=N–C) groups is 4. The summed E-state index contributed by atoms with van der Waals surface area (Å²) < 4.78 is 10.4. The largest absolute Gasteiger partial charge is 0.456 e. The number of nitrogens with zero attached hydrogens (tertiary/aromatic N) is 4. The van der Waals surface area contributed by atoms with Crippen molar-refractivity contribution in [1.82, 2.24) is 0 Å². The molecule has 11 rings (SSSR count). The molecule has 58 heavy (non-hydrogen) atoms. The predicted molar refractivity (Wildman–Crippen MR) is 246 cm³/mol. The second-order valence-electron chi connectivity index (χ2n) is 14.3. The van der Waals surface area contributed by atoms with E-state index in [0.29, 0.717) is 18.2 Å². The van der Waals surface area contributed by atoms with Crippen LogP contribution in [0.5, 0.6) is 0 Å². The van der Waals surface area contributed by atoms with Gasteiger partial charge in [0.25, 0.3) is 0 Å². The Balaban J connectivity index is 1.04. The van der Waals surface area contributed by atoms with Gasteiger partial charge in [0.2, 0.25) is 0 Å². The molecule has 1 aliphatic rings. The highest BCUT2D eigenvalue weighted by atomic mass is 32.1. The van der Waals surface area contributed by atoms with Crippen LogP contribution < -0.4 is 5.32 Å². The molecular weight excluding hydrogens is 751 g/mol. The van der Waals surface area contributed by atoms with Gasteiger partial charge in [-0.2, -0.15) is 0 Å². The first-order valence-electron chi connectivity index (χ1n) is 19.1. The van der Waals surface area contributed by atoms with Gasteiger partial charge in [-0.1, -0.05) is 127 Å². The van der Waals surface area contributed by atoms with E-state index < -0.39 is 0 Å². The van der Waals surface area contributed by atoms with Crippen LogP contribution in [0.15, 0.2) is 188 Å². The molecule has 276 valence electrons. The fraction of sp³-hybridized carbons (Fsp3) is 0.0400. The molecule has 0 spiro atoms. The predicted octanol–water partition coefficient (Wildman–Crippen LogP) is 13.2. The zero-order valence-corrected chi connectivity index (χ0v) is 32.7. The SMILES string of the molecule is C=NC(=NC(=NCc1ccccc1)c1cccc2oc3cc(C4=NC(c5ccc6c(c5)sc5ccccc56)c5sc6ccccc6c5N4)ccc3c12)c1ccccc1. The normalized spacial score (nSPS) is 14.6.